The van der Waals surface area contributed by atoms with Gasteiger partial charge < -0.3 is 5.32 Å². The number of nitrogens with one attached hydrogen (secondary N) is 1. The van der Waals surface area contributed by atoms with Crippen molar-refractivity contribution in [3.63, 3.8) is 0 Å². The van der Waals surface area contributed by atoms with E-state index in [4.69, 9.17) is 0 Å². The normalized spacial score (nSPS) is 21.8. The molecule has 17 heavy (non-hydrogen) atoms. The van der Waals surface area contributed by atoms with Crippen LogP contribution in [0.25, 0.3) is 0 Å². The van der Waals surface area contributed by atoms with Crippen molar-refractivity contribution >= 4 is 0 Å². The maximum absolute atomic E-state index is 14.2. The minimum Gasteiger partial charge on any atom is -0.311 e. The molecule has 0 bridgehead atoms. The van der Waals surface area contributed by atoms with E-state index in [-0.39, 0.29) is 6.04 Å². The Bertz CT molecular complexity index is 371. The summed E-state index contributed by atoms with van der Waals surface area (Å²) in [5, 5.41) is 3.25. The first-order valence-corrected chi connectivity index (χ1v) is 6.52. The van der Waals surface area contributed by atoms with Crippen LogP contribution in [-0.4, -0.2) is 18.8 Å². The summed E-state index contributed by atoms with van der Waals surface area (Å²) >= 11 is 0. The van der Waals surface area contributed by atoms with Crippen LogP contribution in [0.4, 0.5) is 4.39 Å². The zero-order chi connectivity index (χ0) is 12.4. The lowest BCUT2D eigenvalue weighted by Gasteiger charge is -2.19. The Morgan fingerprint density at radius 3 is 2.47 bits per heavy atom. The monoisotopic (exact) mass is 235 g/mol. The van der Waals surface area contributed by atoms with E-state index in [1.165, 1.54) is 22.3 Å². The molecule has 1 N–H and O–H groups in total. The Morgan fingerprint density at radius 1 is 1.29 bits per heavy atom. The van der Waals surface area contributed by atoms with Gasteiger partial charge in [-0.05, 0) is 56.8 Å². The van der Waals surface area contributed by atoms with Crippen molar-refractivity contribution in [2.24, 2.45) is 0 Å². The molecule has 0 aliphatic carbocycles. The average molecular weight is 235 g/mol. The second-order valence-electron chi connectivity index (χ2n) is 5.30. The SMILES string of the molecule is Cc1cc(C)c(CC(F)C2CCCN2)c(C)c1. The summed E-state index contributed by atoms with van der Waals surface area (Å²) in [7, 11) is 0. The fraction of sp³-hybridized carbons (Fsp3) is 0.600. The van der Waals surface area contributed by atoms with Gasteiger partial charge in [-0.3, -0.25) is 0 Å². The van der Waals surface area contributed by atoms with Crippen molar-refractivity contribution < 1.29 is 4.39 Å². The number of aryl methyl sites for hydroxylation is 3. The van der Waals surface area contributed by atoms with Gasteiger partial charge in [-0.1, -0.05) is 17.7 Å². The topological polar surface area (TPSA) is 12.0 Å². The molecule has 1 heterocycles. The highest BCUT2D eigenvalue weighted by atomic mass is 19.1. The van der Waals surface area contributed by atoms with Gasteiger partial charge >= 0.3 is 0 Å². The van der Waals surface area contributed by atoms with Gasteiger partial charge in [-0.25, -0.2) is 4.39 Å². The smallest absolute Gasteiger partial charge is 0.119 e. The molecule has 2 unspecified atom stereocenters. The Labute approximate surface area is 103 Å². The van der Waals surface area contributed by atoms with E-state index in [0.29, 0.717) is 6.42 Å². The van der Waals surface area contributed by atoms with Crippen LogP contribution in [-0.2, 0) is 6.42 Å². The standard InChI is InChI=1S/C15H22FN/c1-10-7-11(2)13(12(3)8-10)9-14(16)15-5-4-6-17-15/h7-8,14-15,17H,4-6,9H2,1-3H3. The van der Waals surface area contributed by atoms with Crippen molar-refractivity contribution in [2.45, 2.75) is 52.2 Å². The third-order valence-electron chi connectivity index (χ3n) is 3.77. The molecule has 1 aliphatic rings. The number of hydrogen-bond donors (Lipinski definition) is 1. The molecule has 1 fully saturated rings. The van der Waals surface area contributed by atoms with Crippen LogP contribution in [0.3, 0.4) is 0 Å². The summed E-state index contributed by atoms with van der Waals surface area (Å²) in [5.41, 5.74) is 4.90. The van der Waals surface area contributed by atoms with Crippen molar-refractivity contribution in [3.8, 4) is 0 Å². The molecule has 0 saturated carbocycles. The molecule has 2 atom stereocenters. The van der Waals surface area contributed by atoms with Crippen molar-refractivity contribution in [2.75, 3.05) is 6.54 Å². The Balaban J connectivity index is 2.12. The van der Waals surface area contributed by atoms with E-state index in [1.807, 2.05) is 0 Å². The Morgan fingerprint density at radius 2 is 1.94 bits per heavy atom. The highest BCUT2D eigenvalue weighted by Crippen LogP contribution is 2.22. The first-order valence-electron chi connectivity index (χ1n) is 6.52. The van der Waals surface area contributed by atoms with Crippen molar-refractivity contribution in [1.29, 1.82) is 0 Å². The molecule has 0 amide bonds. The van der Waals surface area contributed by atoms with Gasteiger partial charge in [0.15, 0.2) is 0 Å². The summed E-state index contributed by atoms with van der Waals surface area (Å²) < 4.78 is 14.2. The molecule has 94 valence electrons. The Kier molecular flexibility index (Phi) is 3.82. The molecule has 2 rings (SSSR count). The summed E-state index contributed by atoms with van der Waals surface area (Å²) in [6.07, 6.45) is 1.88. The third-order valence-corrected chi connectivity index (χ3v) is 3.77. The molecule has 0 radical (unpaired) electrons. The van der Waals surface area contributed by atoms with Gasteiger partial charge in [-0.2, -0.15) is 0 Å². The van der Waals surface area contributed by atoms with E-state index in [1.54, 1.807) is 0 Å². The molecule has 1 aromatic rings. The lowest BCUT2D eigenvalue weighted by atomic mass is 9.93. The number of rotatable bonds is 3. The van der Waals surface area contributed by atoms with Crippen LogP contribution in [0, 0.1) is 20.8 Å². The second-order valence-corrected chi connectivity index (χ2v) is 5.30. The van der Waals surface area contributed by atoms with Gasteiger partial charge in [0.25, 0.3) is 0 Å². The number of benzene rings is 1. The van der Waals surface area contributed by atoms with Gasteiger partial charge in [0.05, 0.1) is 0 Å². The zero-order valence-electron chi connectivity index (χ0n) is 11.0. The minimum atomic E-state index is -0.752. The Hall–Kier alpha value is -0.890. The summed E-state index contributed by atoms with van der Waals surface area (Å²) in [6.45, 7) is 7.24. The molecule has 2 heteroatoms. The van der Waals surface area contributed by atoms with E-state index < -0.39 is 6.17 Å². The average Bonchev–Trinajstić information content (AvgIpc) is 2.76. The van der Waals surface area contributed by atoms with Gasteiger partial charge in [0.1, 0.15) is 6.17 Å². The zero-order valence-corrected chi connectivity index (χ0v) is 11.0. The van der Waals surface area contributed by atoms with Gasteiger partial charge in [-0.15, -0.1) is 0 Å². The largest absolute Gasteiger partial charge is 0.311 e. The maximum Gasteiger partial charge on any atom is 0.119 e. The summed E-state index contributed by atoms with van der Waals surface area (Å²) in [4.78, 5) is 0. The molecule has 1 nitrogen and oxygen atoms in total. The van der Waals surface area contributed by atoms with Crippen LogP contribution < -0.4 is 5.32 Å². The maximum atomic E-state index is 14.2. The van der Waals surface area contributed by atoms with Gasteiger partial charge in [0, 0.05) is 12.5 Å². The molecule has 1 aliphatic heterocycles. The van der Waals surface area contributed by atoms with Crippen LogP contribution in [0.1, 0.15) is 35.1 Å². The number of hydrogen-bond acceptors (Lipinski definition) is 1. The summed E-state index contributed by atoms with van der Waals surface area (Å²) in [5.74, 6) is 0. The highest BCUT2D eigenvalue weighted by Gasteiger charge is 2.25. The van der Waals surface area contributed by atoms with E-state index in [2.05, 4.69) is 38.2 Å². The predicted molar refractivity (Wildman–Crippen MR) is 70.3 cm³/mol. The fourth-order valence-electron chi connectivity index (χ4n) is 2.89. The van der Waals surface area contributed by atoms with E-state index >= 15 is 0 Å². The van der Waals surface area contributed by atoms with Crippen LogP contribution in [0.2, 0.25) is 0 Å². The molecule has 1 aromatic carbocycles. The summed E-state index contributed by atoms with van der Waals surface area (Å²) in [6, 6.07) is 4.36. The molecular weight excluding hydrogens is 213 g/mol. The minimum absolute atomic E-state index is 0.0649. The fourth-order valence-corrected chi connectivity index (χ4v) is 2.89. The molecule has 0 aromatic heterocycles. The molecule has 1 saturated heterocycles. The first kappa shape index (κ1) is 12.6. The molecule has 0 spiro atoms. The van der Waals surface area contributed by atoms with Gasteiger partial charge in [0.2, 0.25) is 0 Å². The lowest BCUT2D eigenvalue weighted by molar-refractivity contribution is 0.263. The van der Waals surface area contributed by atoms with Crippen LogP contribution in [0.15, 0.2) is 12.1 Å². The van der Waals surface area contributed by atoms with E-state index in [9.17, 15) is 4.39 Å². The second kappa shape index (κ2) is 5.18. The number of halogens is 1. The van der Waals surface area contributed by atoms with Crippen LogP contribution >= 0.6 is 0 Å². The third kappa shape index (κ3) is 2.86. The molecular formula is C15H22FN. The lowest BCUT2D eigenvalue weighted by Crippen LogP contribution is -2.33. The predicted octanol–water partition coefficient (Wildman–Crippen LogP) is 3.24. The van der Waals surface area contributed by atoms with E-state index in [0.717, 1.165) is 19.4 Å². The first-order chi connectivity index (χ1) is 8.08. The van der Waals surface area contributed by atoms with Crippen molar-refractivity contribution in [1.82, 2.24) is 5.32 Å². The highest BCUT2D eigenvalue weighted by molar-refractivity contribution is 5.38. The quantitative estimate of drug-likeness (QED) is 0.848. The number of alkyl halides is 1. The van der Waals surface area contributed by atoms with Crippen molar-refractivity contribution in [3.05, 3.63) is 34.4 Å². The van der Waals surface area contributed by atoms with Crippen LogP contribution in [0.5, 0.6) is 0 Å².